The summed E-state index contributed by atoms with van der Waals surface area (Å²) in [4.78, 5) is 18.5. The van der Waals surface area contributed by atoms with Crippen LogP contribution in [0.5, 0.6) is 0 Å². The van der Waals surface area contributed by atoms with Crippen molar-refractivity contribution >= 4 is 17.2 Å². The zero-order chi connectivity index (χ0) is 16.4. The number of nitrogens with zero attached hydrogens (tertiary/aromatic N) is 4. The molecular formula is C17H17N5OS. The lowest BCUT2D eigenvalue weighted by molar-refractivity contribution is 0.0946. The van der Waals surface area contributed by atoms with Crippen LogP contribution in [-0.4, -0.2) is 32.4 Å². The van der Waals surface area contributed by atoms with Crippen molar-refractivity contribution in [2.45, 2.75) is 25.7 Å². The van der Waals surface area contributed by atoms with Crippen LogP contribution in [0.25, 0.3) is 5.69 Å². The molecule has 1 aliphatic carbocycles. The Labute approximate surface area is 143 Å². The Morgan fingerprint density at radius 1 is 1.25 bits per heavy atom. The third-order valence-corrected chi connectivity index (χ3v) is 5.26. The smallest absolute Gasteiger partial charge is 0.271 e. The molecule has 0 unspecified atom stereocenters. The first kappa shape index (κ1) is 15.0. The highest BCUT2D eigenvalue weighted by Crippen LogP contribution is 2.27. The van der Waals surface area contributed by atoms with Gasteiger partial charge in [0.15, 0.2) is 5.69 Å². The Morgan fingerprint density at radius 3 is 2.96 bits per heavy atom. The molecule has 122 valence electrons. The second-order valence-electron chi connectivity index (χ2n) is 5.70. The second-order valence-corrected chi connectivity index (χ2v) is 6.87. The molecule has 0 atom stereocenters. The third kappa shape index (κ3) is 2.94. The minimum Gasteiger partial charge on any atom is -0.350 e. The molecule has 0 spiro atoms. The first-order valence-electron chi connectivity index (χ1n) is 8.03. The molecule has 24 heavy (non-hydrogen) atoms. The van der Waals surface area contributed by atoms with Crippen molar-refractivity contribution in [3.05, 3.63) is 57.8 Å². The maximum Gasteiger partial charge on any atom is 0.271 e. The minimum atomic E-state index is -0.173. The quantitative estimate of drug-likeness (QED) is 0.773. The Morgan fingerprint density at radius 2 is 2.12 bits per heavy atom. The van der Waals surface area contributed by atoms with E-state index >= 15 is 0 Å². The highest BCUT2D eigenvalue weighted by molar-refractivity contribution is 7.11. The van der Waals surface area contributed by atoms with E-state index in [4.69, 9.17) is 0 Å². The van der Waals surface area contributed by atoms with Gasteiger partial charge in [0.05, 0.1) is 22.6 Å². The summed E-state index contributed by atoms with van der Waals surface area (Å²) in [6.45, 7) is 0.561. The van der Waals surface area contributed by atoms with E-state index in [9.17, 15) is 4.79 Å². The fraction of sp³-hybridized carbons (Fsp3) is 0.294. The van der Waals surface area contributed by atoms with Crippen LogP contribution >= 0.6 is 11.3 Å². The number of amides is 1. The van der Waals surface area contributed by atoms with Gasteiger partial charge >= 0.3 is 0 Å². The molecule has 2 aromatic heterocycles. The summed E-state index contributed by atoms with van der Waals surface area (Å²) in [5, 5.41) is 11.9. The SMILES string of the molecule is O=C(NCCc1nc2c(s1)CCC2)c1cnnn1-c1ccccc1. The van der Waals surface area contributed by atoms with Gasteiger partial charge in [0, 0.05) is 17.8 Å². The van der Waals surface area contributed by atoms with Crippen LogP contribution in [0.15, 0.2) is 36.5 Å². The zero-order valence-electron chi connectivity index (χ0n) is 13.1. The van der Waals surface area contributed by atoms with Crippen molar-refractivity contribution in [1.82, 2.24) is 25.3 Å². The minimum absolute atomic E-state index is 0.173. The third-order valence-electron chi connectivity index (χ3n) is 4.05. The lowest BCUT2D eigenvalue weighted by Crippen LogP contribution is -2.27. The predicted molar refractivity (Wildman–Crippen MR) is 91.5 cm³/mol. The first-order valence-corrected chi connectivity index (χ1v) is 8.85. The van der Waals surface area contributed by atoms with Gasteiger partial charge in [-0.1, -0.05) is 23.4 Å². The van der Waals surface area contributed by atoms with Gasteiger partial charge in [-0.2, -0.15) is 0 Å². The van der Waals surface area contributed by atoms with Crippen LogP contribution < -0.4 is 5.32 Å². The summed E-state index contributed by atoms with van der Waals surface area (Å²) in [6.07, 6.45) is 5.72. The maximum atomic E-state index is 12.4. The number of fused-ring (bicyclic) bond motifs is 1. The summed E-state index contributed by atoms with van der Waals surface area (Å²) < 4.78 is 1.55. The molecule has 0 bridgehead atoms. The summed E-state index contributed by atoms with van der Waals surface area (Å²) in [5.74, 6) is -0.173. The molecule has 7 heteroatoms. The Kier molecular flexibility index (Phi) is 4.08. The summed E-state index contributed by atoms with van der Waals surface area (Å²) in [7, 11) is 0. The van der Waals surface area contributed by atoms with E-state index in [1.54, 1.807) is 16.0 Å². The number of aromatic nitrogens is 4. The van der Waals surface area contributed by atoms with E-state index in [2.05, 4.69) is 20.6 Å². The number of thiazole rings is 1. The van der Waals surface area contributed by atoms with Crippen LogP contribution in [0.2, 0.25) is 0 Å². The first-order chi connectivity index (χ1) is 11.8. The normalized spacial score (nSPS) is 13.0. The lowest BCUT2D eigenvalue weighted by Gasteiger charge is -2.06. The summed E-state index contributed by atoms with van der Waals surface area (Å²) in [5.41, 5.74) is 2.51. The standard InChI is InChI=1S/C17H17N5OS/c23-17(14-11-19-21-22(14)12-5-2-1-3-6-12)18-10-9-16-20-13-7-4-8-15(13)24-16/h1-3,5-6,11H,4,7-10H2,(H,18,23). The average molecular weight is 339 g/mol. The van der Waals surface area contributed by atoms with E-state index in [1.807, 2.05) is 30.3 Å². The van der Waals surface area contributed by atoms with Gasteiger partial charge in [0.25, 0.3) is 5.91 Å². The van der Waals surface area contributed by atoms with E-state index < -0.39 is 0 Å². The van der Waals surface area contributed by atoms with Gasteiger partial charge < -0.3 is 5.32 Å². The number of carbonyl (C=O) groups is 1. The lowest BCUT2D eigenvalue weighted by atomic mass is 10.3. The highest BCUT2D eigenvalue weighted by Gasteiger charge is 2.17. The molecule has 0 saturated carbocycles. The molecule has 3 aromatic rings. The number of carbonyl (C=O) groups excluding carboxylic acids is 1. The van der Waals surface area contributed by atoms with E-state index in [0.717, 1.165) is 30.0 Å². The van der Waals surface area contributed by atoms with Crippen molar-refractivity contribution in [3.8, 4) is 5.69 Å². The average Bonchev–Trinajstić information content (AvgIpc) is 3.31. The van der Waals surface area contributed by atoms with Crippen LogP contribution in [0, 0.1) is 0 Å². The van der Waals surface area contributed by atoms with Crippen molar-refractivity contribution in [2.24, 2.45) is 0 Å². The topological polar surface area (TPSA) is 72.7 Å². The molecule has 6 nitrogen and oxygen atoms in total. The maximum absolute atomic E-state index is 12.4. The number of rotatable bonds is 5. The fourth-order valence-corrected chi connectivity index (χ4v) is 4.03. The van der Waals surface area contributed by atoms with E-state index in [-0.39, 0.29) is 5.91 Å². The molecule has 0 saturated heterocycles. The summed E-state index contributed by atoms with van der Waals surface area (Å²) >= 11 is 1.78. The molecule has 1 N–H and O–H groups in total. The van der Waals surface area contributed by atoms with Crippen molar-refractivity contribution < 1.29 is 4.79 Å². The Balaban J connectivity index is 1.39. The predicted octanol–water partition coefficient (Wildman–Crippen LogP) is 2.19. The largest absolute Gasteiger partial charge is 0.350 e. The zero-order valence-corrected chi connectivity index (χ0v) is 13.9. The van der Waals surface area contributed by atoms with Crippen LogP contribution in [0.1, 0.15) is 32.5 Å². The van der Waals surface area contributed by atoms with Gasteiger partial charge in [-0.3, -0.25) is 4.79 Å². The number of hydrogen-bond donors (Lipinski definition) is 1. The number of benzene rings is 1. The molecule has 1 aliphatic rings. The number of para-hydroxylation sites is 1. The van der Waals surface area contributed by atoms with E-state index in [0.29, 0.717) is 12.2 Å². The van der Waals surface area contributed by atoms with Gasteiger partial charge in [0.2, 0.25) is 0 Å². The fourth-order valence-electron chi connectivity index (χ4n) is 2.87. The Bertz CT molecular complexity index is 834. The molecule has 0 aliphatic heterocycles. The van der Waals surface area contributed by atoms with Crippen molar-refractivity contribution in [1.29, 1.82) is 0 Å². The number of aryl methyl sites for hydroxylation is 2. The molecule has 1 aromatic carbocycles. The van der Waals surface area contributed by atoms with Crippen LogP contribution in [0.3, 0.4) is 0 Å². The highest BCUT2D eigenvalue weighted by atomic mass is 32.1. The van der Waals surface area contributed by atoms with Gasteiger partial charge in [0.1, 0.15) is 0 Å². The van der Waals surface area contributed by atoms with Crippen LogP contribution in [0.4, 0.5) is 0 Å². The van der Waals surface area contributed by atoms with Gasteiger partial charge in [-0.25, -0.2) is 9.67 Å². The second kappa shape index (κ2) is 6.52. The monoisotopic (exact) mass is 339 g/mol. The van der Waals surface area contributed by atoms with Gasteiger partial charge in [-0.15, -0.1) is 16.4 Å². The van der Waals surface area contributed by atoms with Crippen molar-refractivity contribution in [2.75, 3.05) is 6.54 Å². The molecular weight excluding hydrogens is 322 g/mol. The van der Waals surface area contributed by atoms with E-state index in [1.165, 1.54) is 23.2 Å². The molecule has 4 rings (SSSR count). The molecule has 1 amide bonds. The number of hydrogen-bond acceptors (Lipinski definition) is 5. The Hall–Kier alpha value is -2.54. The van der Waals surface area contributed by atoms with Crippen molar-refractivity contribution in [3.63, 3.8) is 0 Å². The molecule has 0 fully saturated rings. The summed E-state index contributed by atoms with van der Waals surface area (Å²) in [6, 6.07) is 9.51. The van der Waals surface area contributed by atoms with Gasteiger partial charge in [-0.05, 0) is 31.4 Å². The molecule has 0 radical (unpaired) electrons. The number of nitrogens with one attached hydrogen (secondary N) is 1. The van der Waals surface area contributed by atoms with Crippen LogP contribution in [-0.2, 0) is 19.3 Å². The molecule has 2 heterocycles.